The maximum atomic E-state index is 11.4. The van der Waals surface area contributed by atoms with Crippen molar-refractivity contribution in [2.24, 2.45) is 0 Å². The molecule has 0 amide bonds. The molecule has 0 fully saturated rings. The van der Waals surface area contributed by atoms with Crippen LogP contribution in [0.3, 0.4) is 0 Å². The van der Waals surface area contributed by atoms with E-state index >= 15 is 0 Å². The largest absolute Gasteiger partial charge is 0.508 e. The summed E-state index contributed by atoms with van der Waals surface area (Å²) in [5, 5.41) is 9.58. The number of aromatic hydroxyl groups is 1. The van der Waals surface area contributed by atoms with Crippen LogP contribution in [0.15, 0.2) is 42.5 Å². The van der Waals surface area contributed by atoms with Gasteiger partial charge in [-0.3, -0.25) is 0 Å². The van der Waals surface area contributed by atoms with Crippen LogP contribution in [-0.4, -0.2) is 18.2 Å². The SMILES string of the molecule is COC(=O)c1cc(O)cc(OCc2ccc(C)cc2)c1. The van der Waals surface area contributed by atoms with Crippen molar-refractivity contribution in [3.05, 3.63) is 59.2 Å². The van der Waals surface area contributed by atoms with Gasteiger partial charge in [0.15, 0.2) is 0 Å². The smallest absolute Gasteiger partial charge is 0.338 e. The topological polar surface area (TPSA) is 55.8 Å². The molecule has 0 aliphatic carbocycles. The Morgan fingerprint density at radius 1 is 1.15 bits per heavy atom. The van der Waals surface area contributed by atoms with E-state index in [2.05, 4.69) is 4.74 Å². The number of benzene rings is 2. The first-order chi connectivity index (χ1) is 9.58. The van der Waals surface area contributed by atoms with E-state index in [1.54, 1.807) is 6.07 Å². The van der Waals surface area contributed by atoms with Gasteiger partial charge in [0.05, 0.1) is 12.7 Å². The second-order valence-corrected chi connectivity index (χ2v) is 4.48. The molecule has 2 aromatic carbocycles. The Bertz CT molecular complexity index is 602. The van der Waals surface area contributed by atoms with Crippen LogP contribution in [-0.2, 0) is 11.3 Å². The predicted molar refractivity (Wildman–Crippen MR) is 75.0 cm³/mol. The molecule has 4 nitrogen and oxygen atoms in total. The van der Waals surface area contributed by atoms with Gasteiger partial charge in [0.25, 0.3) is 0 Å². The molecule has 0 saturated carbocycles. The summed E-state index contributed by atoms with van der Waals surface area (Å²) in [5.74, 6) is -0.126. The standard InChI is InChI=1S/C16H16O4/c1-11-3-5-12(6-4-11)10-20-15-8-13(16(18)19-2)7-14(17)9-15/h3-9,17H,10H2,1-2H3. The molecule has 0 radical (unpaired) electrons. The van der Waals surface area contributed by atoms with Crippen LogP contribution in [0, 0.1) is 6.92 Å². The van der Waals surface area contributed by atoms with E-state index in [0.717, 1.165) is 5.56 Å². The molecule has 0 aliphatic heterocycles. The van der Waals surface area contributed by atoms with Crippen LogP contribution in [0.25, 0.3) is 0 Å². The van der Waals surface area contributed by atoms with Gasteiger partial charge >= 0.3 is 5.97 Å². The zero-order valence-electron chi connectivity index (χ0n) is 11.4. The molecule has 0 aromatic heterocycles. The molecule has 4 heteroatoms. The third-order valence-corrected chi connectivity index (χ3v) is 2.84. The number of esters is 1. The number of hydrogen-bond acceptors (Lipinski definition) is 4. The summed E-state index contributed by atoms with van der Waals surface area (Å²) in [4.78, 5) is 11.4. The van der Waals surface area contributed by atoms with Crippen LogP contribution in [0.4, 0.5) is 0 Å². The maximum absolute atomic E-state index is 11.4. The molecule has 0 aliphatic rings. The second kappa shape index (κ2) is 6.10. The highest BCUT2D eigenvalue weighted by Crippen LogP contribution is 2.23. The number of carbonyl (C=O) groups excluding carboxylic acids is 1. The third kappa shape index (κ3) is 3.51. The highest BCUT2D eigenvalue weighted by molar-refractivity contribution is 5.90. The molecule has 2 aromatic rings. The minimum Gasteiger partial charge on any atom is -0.508 e. The number of ether oxygens (including phenoxy) is 2. The molecular weight excluding hydrogens is 256 g/mol. The van der Waals surface area contributed by atoms with Crippen molar-refractivity contribution >= 4 is 5.97 Å². The Labute approximate surface area is 117 Å². The summed E-state index contributed by atoms with van der Waals surface area (Å²) < 4.78 is 10.2. The molecule has 0 unspecified atom stereocenters. The Hall–Kier alpha value is -2.49. The maximum Gasteiger partial charge on any atom is 0.338 e. The number of phenolic OH excluding ortho intramolecular Hbond substituents is 1. The van der Waals surface area contributed by atoms with Crippen molar-refractivity contribution < 1.29 is 19.4 Å². The fourth-order valence-electron chi connectivity index (χ4n) is 1.75. The van der Waals surface area contributed by atoms with Gasteiger partial charge in [-0.05, 0) is 24.6 Å². The lowest BCUT2D eigenvalue weighted by atomic mass is 10.1. The summed E-state index contributed by atoms with van der Waals surface area (Å²) in [6.07, 6.45) is 0. The lowest BCUT2D eigenvalue weighted by molar-refractivity contribution is 0.0599. The Kier molecular flexibility index (Phi) is 4.25. The Morgan fingerprint density at radius 3 is 2.50 bits per heavy atom. The zero-order chi connectivity index (χ0) is 14.5. The van der Waals surface area contributed by atoms with Crippen LogP contribution in [0.5, 0.6) is 11.5 Å². The van der Waals surface area contributed by atoms with Gasteiger partial charge < -0.3 is 14.6 Å². The van der Waals surface area contributed by atoms with E-state index in [0.29, 0.717) is 12.4 Å². The van der Waals surface area contributed by atoms with Crippen molar-refractivity contribution in [2.45, 2.75) is 13.5 Å². The van der Waals surface area contributed by atoms with Crippen molar-refractivity contribution in [2.75, 3.05) is 7.11 Å². The van der Waals surface area contributed by atoms with E-state index in [1.807, 2.05) is 31.2 Å². The van der Waals surface area contributed by atoms with Gasteiger partial charge in [-0.25, -0.2) is 4.79 Å². The fourth-order valence-corrected chi connectivity index (χ4v) is 1.75. The number of rotatable bonds is 4. The van der Waals surface area contributed by atoms with E-state index in [-0.39, 0.29) is 11.3 Å². The molecule has 1 N–H and O–H groups in total. The summed E-state index contributed by atoms with van der Waals surface area (Å²) in [5.41, 5.74) is 2.45. The van der Waals surface area contributed by atoms with Crippen LogP contribution >= 0.6 is 0 Å². The Balaban J connectivity index is 2.11. The normalized spacial score (nSPS) is 10.1. The van der Waals surface area contributed by atoms with E-state index < -0.39 is 5.97 Å². The fraction of sp³-hybridized carbons (Fsp3) is 0.188. The Morgan fingerprint density at radius 2 is 1.85 bits per heavy atom. The minimum absolute atomic E-state index is 0.0354. The quantitative estimate of drug-likeness (QED) is 0.869. The molecule has 2 rings (SSSR count). The van der Waals surface area contributed by atoms with E-state index in [1.165, 1.54) is 24.8 Å². The summed E-state index contributed by atoms with van der Waals surface area (Å²) in [6.45, 7) is 2.38. The number of aryl methyl sites for hydroxylation is 1. The number of methoxy groups -OCH3 is 1. The third-order valence-electron chi connectivity index (χ3n) is 2.84. The predicted octanol–water partition coefficient (Wildman–Crippen LogP) is 3.07. The zero-order valence-corrected chi connectivity index (χ0v) is 11.4. The van der Waals surface area contributed by atoms with Gasteiger partial charge in [0, 0.05) is 6.07 Å². The number of hydrogen-bond donors (Lipinski definition) is 1. The average Bonchev–Trinajstić information content (AvgIpc) is 2.45. The van der Waals surface area contributed by atoms with Crippen LogP contribution < -0.4 is 4.74 Å². The van der Waals surface area contributed by atoms with Crippen molar-refractivity contribution in [1.29, 1.82) is 0 Å². The van der Waals surface area contributed by atoms with E-state index in [9.17, 15) is 9.90 Å². The first-order valence-electron chi connectivity index (χ1n) is 6.19. The molecule has 0 heterocycles. The summed E-state index contributed by atoms with van der Waals surface area (Å²) in [6, 6.07) is 12.3. The highest BCUT2D eigenvalue weighted by atomic mass is 16.5. The number of carbonyl (C=O) groups is 1. The summed E-state index contributed by atoms with van der Waals surface area (Å²) in [7, 11) is 1.29. The monoisotopic (exact) mass is 272 g/mol. The number of phenols is 1. The van der Waals surface area contributed by atoms with Gasteiger partial charge in [-0.1, -0.05) is 29.8 Å². The molecule has 0 atom stereocenters. The van der Waals surface area contributed by atoms with Gasteiger partial charge in [0.1, 0.15) is 18.1 Å². The van der Waals surface area contributed by atoms with Gasteiger partial charge in [-0.15, -0.1) is 0 Å². The summed E-state index contributed by atoms with van der Waals surface area (Å²) >= 11 is 0. The van der Waals surface area contributed by atoms with Crippen molar-refractivity contribution in [3.8, 4) is 11.5 Å². The van der Waals surface area contributed by atoms with Crippen molar-refractivity contribution in [3.63, 3.8) is 0 Å². The van der Waals surface area contributed by atoms with Gasteiger partial charge in [0.2, 0.25) is 0 Å². The molecule has 0 saturated heterocycles. The first kappa shape index (κ1) is 13.9. The highest BCUT2D eigenvalue weighted by Gasteiger charge is 2.09. The van der Waals surface area contributed by atoms with Gasteiger partial charge in [-0.2, -0.15) is 0 Å². The lowest BCUT2D eigenvalue weighted by Gasteiger charge is -2.09. The lowest BCUT2D eigenvalue weighted by Crippen LogP contribution is -2.02. The molecular formula is C16H16O4. The van der Waals surface area contributed by atoms with Crippen LogP contribution in [0.1, 0.15) is 21.5 Å². The van der Waals surface area contributed by atoms with Crippen LogP contribution in [0.2, 0.25) is 0 Å². The van der Waals surface area contributed by atoms with Crippen molar-refractivity contribution in [1.82, 2.24) is 0 Å². The molecule has 20 heavy (non-hydrogen) atoms. The molecule has 0 bridgehead atoms. The first-order valence-corrected chi connectivity index (χ1v) is 6.19. The minimum atomic E-state index is -0.513. The molecule has 104 valence electrons. The second-order valence-electron chi connectivity index (χ2n) is 4.48. The average molecular weight is 272 g/mol. The molecule has 0 spiro atoms. The van der Waals surface area contributed by atoms with E-state index in [4.69, 9.17) is 4.74 Å².